The zero-order valence-corrected chi connectivity index (χ0v) is 33.1. The SMILES string of the molecule is COP1(=O)OCC2OC(C3C=Nc4c(N)ncnc4CC3)C(OP(=O)(SCOC(=O)C(C)(C)C)OC[C@H]3OC(n4cnc5c(N)ncnc54)C(F)C3O1)C2C. The number of aliphatic imine (C=N–C) groups is 1. The summed E-state index contributed by atoms with van der Waals surface area (Å²) in [6.45, 7) is 1.49. The maximum Gasteiger partial charge on any atom is 0.475 e. The van der Waals surface area contributed by atoms with Crippen molar-refractivity contribution in [1.82, 2.24) is 29.5 Å². The summed E-state index contributed by atoms with van der Waals surface area (Å²) in [5, 5.41) is 0. The van der Waals surface area contributed by atoms with E-state index < -0.39 is 93.3 Å². The monoisotopic (exact) mass is 829 g/mol. The van der Waals surface area contributed by atoms with E-state index in [1.165, 1.54) is 23.5 Å². The molecule has 0 spiro atoms. The molecular formula is C31H42FN9O11P2S. The van der Waals surface area contributed by atoms with E-state index in [9.17, 15) is 13.9 Å². The van der Waals surface area contributed by atoms with Gasteiger partial charge in [0.1, 0.15) is 42.0 Å². The smallest absolute Gasteiger partial charge is 0.454 e. The number of imidazole rings is 1. The summed E-state index contributed by atoms with van der Waals surface area (Å²) in [4.78, 5) is 37.9. The van der Waals surface area contributed by atoms with Gasteiger partial charge in [-0.1, -0.05) is 6.92 Å². The minimum atomic E-state index is -4.52. The number of carbonyl (C=O) groups is 1. The van der Waals surface area contributed by atoms with Crippen LogP contribution in [0.2, 0.25) is 0 Å². The number of phosphoric acid groups is 1. The summed E-state index contributed by atoms with van der Waals surface area (Å²) in [5.41, 5.74) is 12.6. The Kier molecular flexibility index (Phi) is 11.4. The van der Waals surface area contributed by atoms with Crippen LogP contribution < -0.4 is 11.5 Å². The Balaban J connectivity index is 1.22. The highest BCUT2D eigenvalue weighted by Crippen LogP contribution is 2.64. The molecule has 0 aliphatic carbocycles. The Morgan fingerprint density at radius 2 is 1.75 bits per heavy atom. The van der Waals surface area contributed by atoms with Gasteiger partial charge in [0.2, 0.25) is 0 Å². The van der Waals surface area contributed by atoms with Crippen LogP contribution in [0.5, 0.6) is 0 Å². The van der Waals surface area contributed by atoms with Crippen molar-refractivity contribution in [2.45, 2.75) is 83.5 Å². The predicted molar refractivity (Wildman–Crippen MR) is 195 cm³/mol. The van der Waals surface area contributed by atoms with Crippen LogP contribution in [0.25, 0.3) is 11.2 Å². The first-order chi connectivity index (χ1) is 26.1. The number of phosphoric ester groups is 1. The number of nitrogens with two attached hydrogens (primary N) is 2. The van der Waals surface area contributed by atoms with E-state index in [0.717, 1.165) is 7.11 Å². The number of nitrogen functional groups attached to an aromatic ring is 2. The average Bonchev–Trinajstić information content (AvgIpc) is 3.74. The molecule has 0 aromatic carbocycles. The van der Waals surface area contributed by atoms with E-state index >= 15 is 4.39 Å². The molecule has 10 unspecified atom stereocenters. The van der Waals surface area contributed by atoms with Crippen molar-refractivity contribution >= 4 is 66.7 Å². The Bertz CT molecular complexity index is 2040. The predicted octanol–water partition coefficient (Wildman–Crippen LogP) is 4.34. The van der Waals surface area contributed by atoms with E-state index in [1.54, 1.807) is 33.9 Å². The molecule has 11 atom stereocenters. The summed E-state index contributed by atoms with van der Waals surface area (Å²) < 4.78 is 94.0. The third kappa shape index (κ3) is 8.17. The first-order valence-electron chi connectivity index (χ1n) is 17.3. The Labute approximate surface area is 318 Å². The number of fused-ring (bicyclic) bond motifs is 5. The first-order valence-corrected chi connectivity index (χ1v) is 21.9. The van der Waals surface area contributed by atoms with Gasteiger partial charge in [0.15, 0.2) is 29.7 Å². The zero-order chi connectivity index (χ0) is 39.3. The maximum absolute atomic E-state index is 16.5. The second kappa shape index (κ2) is 15.6. The van der Waals surface area contributed by atoms with Crippen LogP contribution in [0.1, 0.15) is 46.0 Å². The molecule has 0 radical (unpaired) electrons. The third-order valence-electron chi connectivity index (χ3n) is 9.68. The molecule has 4 aliphatic heterocycles. The summed E-state index contributed by atoms with van der Waals surface area (Å²) in [6, 6.07) is 0. The molecule has 55 heavy (non-hydrogen) atoms. The number of aromatic nitrogens is 6. The fraction of sp³-hybridized carbons (Fsp3) is 0.645. The normalized spacial score (nSPS) is 35.6. The highest BCUT2D eigenvalue weighted by Gasteiger charge is 2.55. The Morgan fingerprint density at radius 3 is 2.51 bits per heavy atom. The van der Waals surface area contributed by atoms with Crippen molar-refractivity contribution in [1.29, 1.82) is 0 Å². The molecule has 0 amide bonds. The number of carbonyl (C=O) groups excluding carboxylic acids is 1. The number of anilines is 2. The lowest BCUT2D eigenvalue weighted by Crippen LogP contribution is -2.36. The van der Waals surface area contributed by atoms with E-state index in [0.29, 0.717) is 35.6 Å². The van der Waals surface area contributed by atoms with Gasteiger partial charge in [-0.3, -0.25) is 37.0 Å². The lowest BCUT2D eigenvalue weighted by atomic mass is 9.89. The molecule has 0 saturated carbocycles. The number of rotatable bonds is 6. The van der Waals surface area contributed by atoms with Gasteiger partial charge in [0.25, 0.3) is 0 Å². The largest absolute Gasteiger partial charge is 0.475 e. The molecule has 3 fully saturated rings. The van der Waals surface area contributed by atoms with Crippen molar-refractivity contribution in [3.8, 4) is 0 Å². The molecule has 4 N–H and O–H groups in total. The van der Waals surface area contributed by atoms with Crippen LogP contribution >= 0.6 is 26.0 Å². The molecule has 3 saturated heterocycles. The van der Waals surface area contributed by atoms with Gasteiger partial charge in [-0.25, -0.2) is 38.4 Å². The number of alkyl halides is 1. The van der Waals surface area contributed by atoms with Gasteiger partial charge in [-0.2, -0.15) is 0 Å². The summed E-state index contributed by atoms with van der Waals surface area (Å²) >= 11 is 0.623. The molecule has 7 rings (SSSR count). The van der Waals surface area contributed by atoms with E-state index in [4.69, 9.17) is 48.3 Å². The number of hydrogen-bond acceptors (Lipinski definition) is 20. The minimum Gasteiger partial charge on any atom is -0.454 e. The van der Waals surface area contributed by atoms with Gasteiger partial charge in [-0.05, 0) is 33.6 Å². The van der Waals surface area contributed by atoms with Gasteiger partial charge in [0, 0.05) is 36.5 Å². The van der Waals surface area contributed by atoms with Crippen molar-refractivity contribution in [2.75, 3.05) is 37.7 Å². The number of aryl methyl sites for hydroxylation is 1. The molecule has 4 aliphatic rings. The van der Waals surface area contributed by atoms with Gasteiger partial charge >= 0.3 is 20.6 Å². The number of hydrogen-bond donors (Lipinski definition) is 2. The van der Waals surface area contributed by atoms with E-state index in [2.05, 4.69) is 29.9 Å². The van der Waals surface area contributed by atoms with E-state index in [1.807, 2.05) is 0 Å². The number of ether oxygens (including phenoxy) is 3. The maximum atomic E-state index is 16.5. The number of esters is 1. The second-order valence-electron chi connectivity index (χ2n) is 14.4. The fourth-order valence-corrected chi connectivity index (χ4v) is 10.6. The van der Waals surface area contributed by atoms with Crippen LogP contribution in [0, 0.1) is 17.3 Å². The molecule has 3 aromatic rings. The van der Waals surface area contributed by atoms with E-state index in [-0.39, 0.29) is 29.4 Å². The first kappa shape index (κ1) is 40.0. The summed E-state index contributed by atoms with van der Waals surface area (Å²) in [5.74, 6) is -1.68. The van der Waals surface area contributed by atoms with Gasteiger partial charge < -0.3 is 25.7 Å². The van der Waals surface area contributed by atoms with Crippen molar-refractivity contribution in [3.05, 3.63) is 24.7 Å². The van der Waals surface area contributed by atoms with Gasteiger partial charge in [0.05, 0.1) is 49.0 Å². The third-order valence-corrected chi connectivity index (χ3v) is 14.4. The quantitative estimate of drug-likeness (QED) is 0.199. The lowest BCUT2D eigenvalue weighted by molar-refractivity contribution is -0.150. The zero-order valence-electron chi connectivity index (χ0n) is 30.5. The molecule has 300 valence electrons. The number of halogens is 1. The molecule has 7 heterocycles. The summed E-state index contributed by atoms with van der Waals surface area (Å²) in [7, 11) is -3.42. The number of nitrogens with zero attached hydrogens (tertiary/aromatic N) is 7. The minimum absolute atomic E-state index is 0.0562. The molecule has 3 aromatic heterocycles. The second-order valence-corrected chi connectivity index (χ2v) is 20.1. The van der Waals surface area contributed by atoms with Crippen LogP contribution in [-0.2, 0) is 57.2 Å². The average molecular weight is 830 g/mol. The topological polar surface area (TPSA) is 259 Å². The molecular weight excluding hydrogens is 787 g/mol. The lowest BCUT2D eigenvalue weighted by Gasteiger charge is -2.30. The highest BCUT2D eigenvalue weighted by atomic mass is 32.7. The Hall–Kier alpha value is -3.17. The standard InChI is InChI=1S/C31H42FN9O11P2S/c1-15-18-9-47-53(43,45-5)51-25-19(50-29(20(25)32)41-13-40-22-27(34)38-12-39-28(22)41)10-48-54(44,55-14-46-30(42)31(2,3)4)52-23(15)24(49-18)16-6-7-17-21(35-8-16)26(33)37-11-36-17/h8,11-13,15-16,18-20,23-25,29H,6-7,9-10,14H2,1-5H3,(H2,33,36,37)(H2,34,38,39)/t15?,16?,18?,19-,20?,23?,24?,25?,29?,53?,54?/m1/s1. The molecule has 2 bridgehead atoms. The highest BCUT2D eigenvalue weighted by molar-refractivity contribution is 8.55. The fourth-order valence-electron chi connectivity index (χ4n) is 6.60. The Morgan fingerprint density at radius 1 is 1.00 bits per heavy atom. The van der Waals surface area contributed by atoms with Gasteiger partial charge in [-0.15, -0.1) is 0 Å². The van der Waals surface area contributed by atoms with Crippen LogP contribution in [0.3, 0.4) is 0 Å². The van der Waals surface area contributed by atoms with Crippen molar-refractivity contribution < 1.29 is 55.1 Å². The van der Waals surface area contributed by atoms with Crippen molar-refractivity contribution in [3.63, 3.8) is 0 Å². The van der Waals surface area contributed by atoms with Crippen molar-refractivity contribution in [2.24, 2.45) is 22.2 Å². The van der Waals surface area contributed by atoms with Crippen LogP contribution in [0.15, 0.2) is 24.0 Å². The van der Waals surface area contributed by atoms with Crippen LogP contribution in [0.4, 0.5) is 21.7 Å². The molecule has 24 heteroatoms. The summed E-state index contributed by atoms with van der Waals surface area (Å²) in [6.07, 6.45) is -2.69. The molecule has 20 nitrogen and oxygen atoms in total. The van der Waals surface area contributed by atoms with Crippen LogP contribution in [-0.4, -0.2) is 105 Å².